The summed E-state index contributed by atoms with van der Waals surface area (Å²) in [6, 6.07) is 62.3. The van der Waals surface area contributed by atoms with Crippen LogP contribution < -0.4 is 4.90 Å². The van der Waals surface area contributed by atoms with Crippen molar-refractivity contribution < 1.29 is 0 Å². The molecule has 1 aliphatic carbocycles. The van der Waals surface area contributed by atoms with E-state index in [0.717, 1.165) is 30.8 Å². The fourth-order valence-corrected chi connectivity index (χ4v) is 11.0. The Morgan fingerprint density at radius 2 is 1.13 bits per heavy atom. The molecule has 4 heteroatoms. The maximum atomic E-state index is 2.48. The standard InChI is InChI=1S/C65H54N4/c1-45-21-9-4-5-20-42-66(50-22-10-6-11-23-50)64-44-59-57-27-14-8-15-29-63(57)69(65(59)43-58(45)64)53-38-34-49(35-39-53)48-32-36-52(37-33-48)68-60(46(2)54-26-16-18-30-61(54)68)41-40-55-47(3)67(51-24-12-7-13-25-51)62-31-19-17-28-56(55)62/h5-26,28-41,43-45H,4,27,42H2,1-3H3/b20-5-,21-9-,41-40-. The molecular weight excluding hydrogens is 837 g/mol. The van der Waals surface area contributed by atoms with Gasteiger partial charge in [0.2, 0.25) is 0 Å². The smallest absolute Gasteiger partial charge is 0.0542 e. The van der Waals surface area contributed by atoms with Crippen molar-refractivity contribution in [2.24, 2.45) is 0 Å². The zero-order chi connectivity index (χ0) is 46.4. The highest BCUT2D eigenvalue weighted by Gasteiger charge is 2.24. The average Bonchev–Trinajstić information content (AvgIpc) is 3.87. The van der Waals surface area contributed by atoms with E-state index in [1.54, 1.807) is 0 Å². The third kappa shape index (κ3) is 7.41. The zero-order valence-electron chi connectivity index (χ0n) is 39.4. The molecule has 3 aromatic heterocycles. The van der Waals surface area contributed by atoms with Gasteiger partial charge in [-0.15, -0.1) is 0 Å². The van der Waals surface area contributed by atoms with Crippen molar-refractivity contribution in [2.75, 3.05) is 11.4 Å². The molecule has 10 aromatic rings. The van der Waals surface area contributed by atoms with Crippen LogP contribution in [-0.4, -0.2) is 20.2 Å². The Labute approximate surface area is 405 Å². The van der Waals surface area contributed by atoms with Gasteiger partial charge in [-0.05, 0) is 139 Å². The molecule has 2 aliphatic rings. The summed E-state index contributed by atoms with van der Waals surface area (Å²) in [7, 11) is 0. The van der Waals surface area contributed by atoms with Gasteiger partial charge in [-0.1, -0.05) is 153 Å². The maximum absolute atomic E-state index is 2.48. The Balaban J connectivity index is 0.914. The van der Waals surface area contributed by atoms with E-state index in [1.165, 1.54) is 100 Å². The number of rotatable bonds is 7. The Hall–Kier alpha value is -8.34. The number of aromatic nitrogens is 3. The first-order valence-electron chi connectivity index (χ1n) is 24.4. The second-order valence-electron chi connectivity index (χ2n) is 18.5. The molecular formula is C65H54N4. The SMILES string of the molecule is Cc1c(/C=C\c2c(C)n(-c3ccccc3)c3ccccc23)n(-c2ccc(-c3ccc(-n4c5c(c6cc7c(cc64)C(C)/C=C\C/C=C\CN7c4ccccc4)CC=CC=C5)cc3)cc2)c2ccccc12. The number of fused-ring (bicyclic) bond motifs is 6. The number of nitrogens with zero attached hydrogens (tertiary/aromatic N) is 4. The number of aryl methyl sites for hydroxylation is 1. The van der Waals surface area contributed by atoms with Gasteiger partial charge < -0.3 is 18.6 Å². The van der Waals surface area contributed by atoms with E-state index >= 15 is 0 Å². The Morgan fingerprint density at radius 3 is 1.86 bits per heavy atom. The highest BCUT2D eigenvalue weighted by atomic mass is 15.1. The maximum Gasteiger partial charge on any atom is 0.0542 e. The normalized spacial score (nSPS) is 15.8. The van der Waals surface area contributed by atoms with Crippen LogP contribution in [0.1, 0.15) is 58.6 Å². The van der Waals surface area contributed by atoms with Gasteiger partial charge in [0.1, 0.15) is 0 Å². The molecule has 4 heterocycles. The van der Waals surface area contributed by atoms with Crippen LogP contribution in [0, 0.1) is 13.8 Å². The Kier molecular flexibility index (Phi) is 10.8. The molecule has 1 aliphatic heterocycles. The summed E-state index contributed by atoms with van der Waals surface area (Å²) < 4.78 is 7.28. The monoisotopic (exact) mass is 890 g/mol. The van der Waals surface area contributed by atoms with Crippen LogP contribution in [0.4, 0.5) is 11.4 Å². The highest BCUT2D eigenvalue weighted by molar-refractivity contribution is 5.98. The first kappa shape index (κ1) is 42.0. The summed E-state index contributed by atoms with van der Waals surface area (Å²) in [5.74, 6) is 0.240. The third-order valence-electron chi connectivity index (χ3n) is 14.4. The predicted octanol–water partition coefficient (Wildman–Crippen LogP) is 16.9. The molecule has 12 rings (SSSR count). The lowest BCUT2D eigenvalue weighted by atomic mass is 9.94. The molecule has 0 amide bonds. The lowest BCUT2D eigenvalue weighted by Crippen LogP contribution is -2.19. The summed E-state index contributed by atoms with van der Waals surface area (Å²) in [5, 5.41) is 3.80. The summed E-state index contributed by atoms with van der Waals surface area (Å²) >= 11 is 0. The number of hydrogen-bond donors (Lipinski definition) is 0. The summed E-state index contributed by atoms with van der Waals surface area (Å²) in [4.78, 5) is 2.48. The van der Waals surface area contributed by atoms with Gasteiger partial charge in [0, 0.05) is 74.0 Å². The zero-order valence-corrected chi connectivity index (χ0v) is 39.4. The van der Waals surface area contributed by atoms with Gasteiger partial charge in [0.15, 0.2) is 0 Å². The number of allylic oxidation sites excluding steroid dienone is 6. The average molecular weight is 891 g/mol. The van der Waals surface area contributed by atoms with E-state index < -0.39 is 0 Å². The van der Waals surface area contributed by atoms with Crippen molar-refractivity contribution in [1.29, 1.82) is 0 Å². The van der Waals surface area contributed by atoms with Crippen LogP contribution in [0.3, 0.4) is 0 Å². The minimum atomic E-state index is 0.240. The predicted molar refractivity (Wildman–Crippen MR) is 294 cm³/mol. The van der Waals surface area contributed by atoms with Gasteiger partial charge in [-0.3, -0.25) is 0 Å². The first-order chi connectivity index (χ1) is 34.0. The van der Waals surface area contributed by atoms with Gasteiger partial charge >= 0.3 is 0 Å². The molecule has 0 saturated carbocycles. The van der Waals surface area contributed by atoms with E-state index in [2.05, 4.69) is 270 Å². The molecule has 7 aromatic carbocycles. The number of benzene rings is 7. The Morgan fingerprint density at radius 1 is 0.507 bits per heavy atom. The Bertz CT molecular complexity index is 3700. The van der Waals surface area contributed by atoms with Crippen LogP contribution in [0.15, 0.2) is 212 Å². The second kappa shape index (κ2) is 17.7. The fourth-order valence-electron chi connectivity index (χ4n) is 11.0. The van der Waals surface area contributed by atoms with Crippen molar-refractivity contribution in [3.8, 4) is 28.2 Å². The van der Waals surface area contributed by atoms with E-state index in [9.17, 15) is 0 Å². The third-order valence-corrected chi connectivity index (χ3v) is 14.4. The molecule has 0 N–H and O–H groups in total. The molecule has 1 atom stereocenters. The molecule has 1 unspecified atom stereocenters. The van der Waals surface area contributed by atoms with Gasteiger partial charge in [-0.2, -0.15) is 0 Å². The number of para-hydroxylation sites is 4. The van der Waals surface area contributed by atoms with Crippen molar-refractivity contribution >= 4 is 62.3 Å². The molecule has 4 nitrogen and oxygen atoms in total. The van der Waals surface area contributed by atoms with Crippen LogP contribution in [0.5, 0.6) is 0 Å². The van der Waals surface area contributed by atoms with Crippen LogP contribution in [0.2, 0.25) is 0 Å². The van der Waals surface area contributed by atoms with Gasteiger partial charge in [0.05, 0.1) is 22.2 Å². The topological polar surface area (TPSA) is 18.0 Å². The number of anilines is 2. The van der Waals surface area contributed by atoms with Gasteiger partial charge in [0.25, 0.3) is 0 Å². The molecule has 0 fully saturated rings. The summed E-state index contributed by atoms with van der Waals surface area (Å²) in [6.45, 7) is 7.64. The lowest BCUT2D eigenvalue weighted by molar-refractivity contribution is 0.938. The largest absolute Gasteiger partial charge is 0.337 e. The molecule has 69 heavy (non-hydrogen) atoms. The fraction of sp³-hybridized carbons (Fsp3) is 0.108. The van der Waals surface area contributed by atoms with E-state index in [1.807, 2.05) is 0 Å². The summed E-state index contributed by atoms with van der Waals surface area (Å²) in [5.41, 5.74) is 20.8. The van der Waals surface area contributed by atoms with E-state index in [4.69, 9.17) is 0 Å². The van der Waals surface area contributed by atoms with Crippen molar-refractivity contribution in [1.82, 2.24) is 13.7 Å². The quantitative estimate of drug-likeness (QED) is 0.146. The second-order valence-corrected chi connectivity index (χ2v) is 18.5. The highest BCUT2D eigenvalue weighted by Crippen LogP contribution is 2.42. The van der Waals surface area contributed by atoms with Crippen LogP contribution in [0.25, 0.3) is 79.1 Å². The van der Waals surface area contributed by atoms with Crippen molar-refractivity contribution in [3.05, 3.63) is 252 Å². The molecule has 0 spiro atoms. The van der Waals surface area contributed by atoms with Crippen molar-refractivity contribution in [2.45, 2.75) is 39.5 Å². The molecule has 0 bridgehead atoms. The first-order valence-corrected chi connectivity index (χ1v) is 24.4. The van der Waals surface area contributed by atoms with Crippen LogP contribution in [-0.2, 0) is 6.42 Å². The molecule has 0 radical (unpaired) electrons. The lowest BCUT2D eigenvalue weighted by Gasteiger charge is -2.28. The van der Waals surface area contributed by atoms with Gasteiger partial charge in [-0.25, -0.2) is 0 Å². The van der Waals surface area contributed by atoms with Crippen molar-refractivity contribution in [3.63, 3.8) is 0 Å². The number of hydrogen-bond acceptors (Lipinski definition) is 1. The minimum Gasteiger partial charge on any atom is -0.337 e. The molecule has 0 saturated heterocycles. The van der Waals surface area contributed by atoms with E-state index in [0.29, 0.717) is 0 Å². The molecule has 334 valence electrons. The summed E-state index contributed by atoms with van der Waals surface area (Å²) in [6.07, 6.45) is 24.7. The van der Waals surface area contributed by atoms with Crippen LogP contribution >= 0.6 is 0 Å². The minimum absolute atomic E-state index is 0.240. The van der Waals surface area contributed by atoms with E-state index in [-0.39, 0.29) is 5.92 Å².